The predicted molar refractivity (Wildman–Crippen MR) is 91.3 cm³/mol. The van der Waals surface area contributed by atoms with Gasteiger partial charge in [-0.05, 0) is 43.3 Å². The number of para-hydroxylation sites is 1. The van der Waals surface area contributed by atoms with Gasteiger partial charge in [-0.2, -0.15) is 0 Å². The third-order valence-electron chi connectivity index (χ3n) is 4.05. The molecule has 3 rings (SSSR count). The highest BCUT2D eigenvalue weighted by Crippen LogP contribution is 2.27. The summed E-state index contributed by atoms with van der Waals surface area (Å²) in [5, 5.41) is 0. The van der Waals surface area contributed by atoms with Crippen molar-refractivity contribution < 1.29 is 19.2 Å². The molecule has 2 aromatic carbocycles. The maximum absolute atomic E-state index is 12.2. The fourth-order valence-electron chi connectivity index (χ4n) is 2.95. The first kappa shape index (κ1) is 16.2. The number of fused-ring (bicyclic) bond motifs is 1. The number of hydrogen-bond donors (Lipinski definition) is 1. The molecule has 1 atom stereocenters. The summed E-state index contributed by atoms with van der Waals surface area (Å²) in [5.74, 6) is -0.00476. The molecule has 5 heteroatoms. The molecule has 1 N–H and O–H groups in total. The number of Topliss-reactive ketones (excluding diaryl/α,β-unsaturated/α-hetero) is 1. The number of carbonyl (C=O) groups is 2. The van der Waals surface area contributed by atoms with Crippen LogP contribution in [-0.4, -0.2) is 32.0 Å². The number of rotatable bonds is 6. The van der Waals surface area contributed by atoms with Crippen molar-refractivity contribution in [2.75, 3.05) is 25.2 Å². The highest BCUT2D eigenvalue weighted by atomic mass is 16.5. The van der Waals surface area contributed by atoms with Gasteiger partial charge in [0, 0.05) is 5.56 Å². The highest BCUT2D eigenvalue weighted by molar-refractivity contribution is 6.52. The zero-order valence-electron chi connectivity index (χ0n) is 13.9. The Bertz CT molecular complexity index is 755. The number of carbonyl (C=O) groups excluding carboxylic acids is 2. The predicted octanol–water partition coefficient (Wildman–Crippen LogP) is 1.29. The number of ether oxygens (including phenoxy) is 1. The van der Waals surface area contributed by atoms with E-state index in [2.05, 4.69) is 0 Å². The second-order valence-corrected chi connectivity index (χ2v) is 5.95. The van der Waals surface area contributed by atoms with E-state index in [1.807, 2.05) is 50.4 Å². The number of amides is 1. The minimum atomic E-state index is -0.442. The van der Waals surface area contributed by atoms with Crippen LogP contribution in [0.1, 0.15) is 22.8 Å². The molecule has 0 aliphatic carbocycles. The fourth-order valence-corrected chi connectivity index (χ4v) is 2.95. The van der Waals surface area contributed by atoms with Crippen LogP contribution in [0, 0.1) is 0 Å². The lowest BCUT2D eigenvalue weighted by Gasteiger charge is -2.21. The summed E-state index contributed by atoms with van der Waals surface area (Å²) in [6.45, 7) is 3.81. The van der Waals surface area contributed by atoms with Gasteiger partial charge >= 0.3 is 5.91 Å². The maximum Gasteiger partial charge on any atom is 0.303 e. The van der Waals surface area contributed by atoms with E-state index in [0.717, 1.165) is 22.8 Å². The molecule has 0 fully saturated rings. The van der Waals surface area contributed by atoms with Gasteiger partial charge in [-0.25, -0.2) is 0 Å². The van der Waals surface area contributed by atoms with E-state index < -0.39 is 11.7 Å². The molecule has 1 amide bonds. The number of nitrogens with one attached hydrogen (secondary N) is 1. The van der Waals surface area contributed by atoms with Crippen LogP contribution in [0.15, 0.2) is 48.5 Å². The van der Waals surface area contributed by atoms with Crippen molar-refractivity contribution in [2.45, 2.75) is 13.5 Å². The molecule has 0 aromatic heterocycles. The van der Waals surface area contributed by atoms with Crippen molar-refractivity contribution >= 4 is 17.4 Å². The molecule has 1 aliphatic heterocycles. The molecule has 5 nitrogen and oxygen atoms in total. The van der Waals surface area contributed by atoms with E-state index in [4.69, 9.17) is 4.74 Å². The van der Waals surface area contributed by atoms with Gasteiger partial charge in [0.1, 0.15) is 12.3 Å². The lowest BCUT2D eigenvalue weighted by Crippen LogP contribution is -3.09. The zero-order valence-corrected chi connectivity index (χ0v) is 13.9. The maximum atomic E-state index is 12.2. The van der Waals surface area contributed by atoms with Crippen molar-refractivity contribution in [3.05, 3.63) is 59.7 Å². The van der Waals surface area contributed by atoms with Crippen LogP contribution in [0.25, 0.3) is 0 Å². The largest absolute Gasteiger partial charge is 0.494 e. The topological polar surface area (TPSA) is 51.1 Å². The number of ketones is 1. The van der Waals surface area contributed by atoms with E-state index in [0.29, 0.717) is 24.5 Å². The lowest BCUT2D eigenvalue weighted by atomic mass is 10.1. The van der Waals surface area contributed by atoms with Crippen molar-refractivity contribution in [1.29, 1.82) is 0 Å². The number of benzene rings is 2. The van der Waals surface area contributed by atoms with Gasteiger partial charge in [0.25, 0.3) is 5.78 Å². The first-order valence-electron chi connectivity index (χ1n) is 8.08. The number of hydrogen-bond acceptors (Lipinski definition) is 3. The Labute approximate surface area is 141 Å². The van der Waals surface area contributed by atoms with E-state index in [1.54, 1.807) is 17.0 Å². The summed E-state index contributed by atoms with van der Waals surface area (Å²) in [5.41, 5.74) is 2.36. The third-order valence-corrected chi connectivity index (χ3v) is 4.05. The highest BCUT2D eigenvalue weighted by Gasteiger charge is 2.36. The number of anilines is 1. The van der Waals surface area contributed by atoms with Crippen molar-refractivity contribution in [3.63, 3.8) is 0 Å². The monoisotopic (exact) mass is 325 g/mol. The zero-order chi connectivity index (χ0) is 17.1. The van der Waals surface area contributed by atoms with Crippen LogP contribution in [-0.2, 0) is 11.3 Å². The van der Waals surface area contributed by atoms with Gasteiger partial charge in [0.2, 0.25) is 0 Å². The Hall–Kier alpha value is -2.66. The van der Waals surface area contributed by atoms with E-state index in [1.165, 1.54) is 0 Å². The van der Waals surface area contributed by atoms with Crippen LogP contribution in [0.5, 0.6) is 5.75 Å². The van der Waals surface area contributed by atoms with Gasteiger partial charge in [-0.15, -0.1) is 0 Å². The third kappa shape index (κ3) is 3.16. The van der Waals surface area contributed by atoms with Gasteiger partial charge in [-0.1, -0.05) is 12.1 Å². The Balaban J connectivity index is 1.68. The van der Waals surface area contributed by atoms with Gasteiger partial charge in [0.05, 0.1) is 24.9 Å². The standard InChI is InChI=1S/C19H20N2O3/c1-3-24-15-10-8-14(9-11-15)12-20(2)13-21-17-7-5-4-6-16(17)18(22)19(21)23/h4-11H,3,12-13H2,1-2H3/p+1. The van der Waals surface area contributed by atoms with Crippen molar-refractivity contribution in [2.24, 2.45) is 0 Å². The molecular weight excluding hydrogens is 304 g/mol. The quantitative estimate of drug-likeness (QED) is 0.814. The average molecular weight is 325 g/mol. The minimum Gasteiger partial charge on any atom is -0.494 e. The van der Waals surface area contributed by atoms with Gasteiger partial charge in [0.15, 0.2) is 6.67 Å². The van der Waals surface area contributed by atoms with Crippen LogP contribution < -0.4 is 14.5 Å². The summed E-state index contributed by atoms with van der Waals surface area (Å²) in [6.07, 6.45) is 0. The van der Waals surface area contributed by atoms with Gasteiger partial charge < -0.3 is 9.64 Å². The second-order valence-electron chi connectivity index (χ2n) is 5.95. The minimum absolute atomic E-state index is 0.417. The summed E-state index contributed by atoms with van der Waals surface area (Å²) in [6, 6.07) is 15.1. The Morgan fingerprint density at radius 3 is 2.46 bits per heavy atom. The second kappa shape index (κ2) is 6.84. The molecule has 1 unspecified atom stereocenters. The molecule has 2 aromatic rings. The van der Waals surface area contributed by atoms with E-state index in [-0.39, 0.29) is 0 Å². The Kier molecular flexibility index (Phi) is 4.62. The molecule has 0 radical (unpaired) electrons. The fraction of sp³-hybridized carbons (Fsp3) is 0.263. The molecule has 1 heterocycles. The smallest absolute Gasteiger partial charge is 0.303 e. The van der Waals surface area contributed by atoms with Crippen LogP contribution in [0.2, 0.25) is 0 Å². The normalized spacial score (nSPS) is 14.7. The molecule has 124 valence electrons. The first-order valence-corrected chi connectivity index (χ1v) is 8.08. The molecule has 24 heavy (non-hydrogen) atoms. The van der Waals surface area contributed by atoms with Crippen LogP contribution in [0.4, 0.5) is 5.69 Å². The summed E-state index contributed by atoms with van der Waals surface area (Å²) < 4.78 is 5.44. The Morgan fingerprint density at radius 1 is 1.04 bits per heavy atom. The molecule has 1 aliphatic rings. The summed E-state index contributed by atoms with van der Waals surface area (Å²) >= 11 is 0. The first-order chi connectivity index (χ1) is 11.6. The molecule has 0 saturated heterocycles. The molecule has 0 saturated carbocycles. The van der Waals surface area contributed by atoms with Crippen LogP contribution in [0.3, 0.4) is 0 Å². The number of nitrogens with zero attached hydrogens (tertiary/aromatic N) is 1. The van der Waals surface area contributed by atoms with Crippen LogP contribution >= 0.6 is 0 Å². The lowest BCUT2D eigenvalue weighted by molar-refractivity contribution is -0.892. The molecule has 0 bridgehead atoms. The SMILES string of the molecule is CCOc1ccc(C[NH+](C)CN2C(=O)C(=O)c3ccccc32)cc1. The van der Waals surface area contributed by atoms with E-state index >= 15 is 0 Å². The Morgan fingerprint density at radius 2 is 1.75 bits per heavy atom. The molecule has 0 spiro atoms. The summed E-state index contributed by atoms with van der Waals surface area (Å²) in [4.78, 5) is 26.9. The average Bonchev–Trinajstić information content (AvgIpc) is 2.82. The van der Waals surface area contributed by atoms with Gasteiger partial charge in [-0.3, -0.25) is 14.5 Å². The van der Waals surface area contributed by atoms with Crippen molar-refractivity contribution in [1.82, 2.24) is 0 Å². The van der Waals surface area contributed by atoms with Crippen molar-refractivity contribution in [3.8, 4) is 5.75 Å². The summed E-state index contributed by atoms with van der Waals surface area (Å²) in [7, 11) is 2.01. The number of quaternary nitrogens is 1. The van der Waals surface area contributed by atoms with E-state index in [9.17, 15) is 9.59 Å². The molecular formula is C19H21N2O3+.